The number of nitrogens with zero attached hydrogens (tertiary/aromatic N) is 3. The van der Waals surface area contributed by atoms with Gasteiger partial charge in [-0.25, -0.2) is 9.67 Å². The number of benzene rings is 3. The molecule has 0 saturated carbocycles. The second kappa shape index (κ2) is 9.28. The molecule has 0 atom stereocenters. The lowest BCUT2D eigenvalue weighted by Gasteiger charge is -2.13. The van der Waals surface area contributed by atoms with Gasteiger partial charge >= 0.3 is 0 Å². The molecule has 3 aromatic heterocycles. The maximum Gasteiger partial charge on any atom is 0.250 e. The van der Waals surface area contributed by atoms with E-state index in [0.717, 1.165) is 46.3 Å². The van der Waals surface area contributed by atoms with Crippen molar-refractivity contribution in [1.29, 1.82) is 0 Å². The van der Waals surface area contributed by atoms with E-state index in [1.165, 1.54) is 16.5 Å². The Bertz CT molecular complexity index is 1790. The summed E-state index contributed by atoms with van der Waals surface area (Å²) in [7, 11) is 0. The number of para-hydroxylation sites is 2. The smallest absolute Gasteiger partial charge is 0.250 e. The molecule has 0 unspecified atom stereocenters. The van der Waals surface area contributed by atoms with Gasteiger partial charge in [0.1, 0.15) is 11.3 Å². The minimum absolute atomic E-state index is 0.243. The molecule has 0 bridgehead atoms. The van der Waals surface area contributed by atoms with Crippen LogP contribution in [-0.2, 0) is 17.6 Å². The van der Waals surface area contributed by atoms with E-state index in [1.54, 1.807) is 22.1 Å². The van der Waals surface area contributed by atoms with Gasteiger partial charge in [-0.3, -0.25) is 10.1 Å². The van der Waals surface area contributed by atoms with Crippen molar-refractivity contribution in [1.82, 2.24) is 14.8 Å². The van der Waals surface area contributed by atoms with Gasteiger partial charge in [0.15, 0.2) is 10.9 Å². The maximum absolute atomic E-state index is 12.9. The lowest BCUT2D eigenvalue weighted by Crippen LogP contribution is -2.07. The van der Waals surface area contributed by atoms with Gasteiger partial charge in [0.05, 0.1) is 11.4 Å². The van der Waals surface area contributed by atoms with E-state index in [4.69, 9.17) is 14.5 Å². The lowest BCUT2D eigenvalue weighted by molar-refractivity contribution is -0.111. The molecule has 1 N–H and O–H groups in total. The molecular formula is C31H22N4O2S. The summed E-state index contributed by atoms with van der Waals surface area (Å²) in [5.41, 5.74) is 6.58. The molecule has 6 nitrogen and oxygen atoms in total. The highest BCUT2D eigenvalue weighted by molar-refractivity contribution is 7.16. The molecule has 0 radical (unpaired) electrons. The van der Waals surface area contributed by atoms with Gasteiger partial charge in [-0.15, -0.1) is 11.3 Å². The Morgan fingerprint density at radius 2 is 1.76 bits per heavy atom. The van der Waals surface area contributed by atoms with Crippen molar-refractivity contribution in [2.45, 2.75) is 12.8 Å². The first-order valence-electron chi connectivity index (χ1n) is 12.4. The molecule has 38 heavy (non-hydrogen) atoms. The number of aromatic nitrogens is 3. The number of thiazole rings is 1. The molecule has 3 aromatic carbocycles. The largest absolute Gasteiger partial charge is 0.454 e. The van der Waals surface area contributed by atoms with Gasteiger partial charge in [-0.2, -0.15) is 5.10 Å². The maximum atomic E-state index is 12.9. The molecule has 0 aliphatic heterocycles. The number of hydrogen-bond donors (Lipinski definition) is 1. The SMILES string of the molecule is O=C(C=Cc1cn(-c2ccccc2)nc1-c1cc2ccccc2o1)Nc1nc2c(s1)CCc1ccccc1-2. The summed E-state index contributed by atoms with van der Waals surface area (Å²) >= 11 is 1.54. The van der Waals surface area contributed by atoms with Crippen LogP contribution in [0.2, 0.25) is 0 Å². The third-order valence-corrected chi connectivity index (χ3v) is 7.69. The Morgan fingerprint density at radius 1 is 0.947 bits per heavy atom. The average molecular weight is 515 g/mol. The summed E-state index contributed by atoms with van der Waals surface area (Å²) in [6.45, 7) is 0. The summed E-state index contributed by atoms with van der Waals surface area (Å²) in [6.07, 6.45) is 7.13. The first-order chi connectivity index (χ1) is 18.7. The first kappa shape index (κ1) is 22.4. The Morgan fingerprint density at radius 3 is 2.66 bits per heavy atom. The number of amides is 1. The monoisotopic (exact) mass is 514 g/mol. The molecule has 0 spiro atoms. The number of fused-ring (bicyclic) bond motifs is 4. The van der Waals surface area contributed by atoms with Crippen LogP contribution in [0, 0.1) is 0 Å². The van der Waals surface area contributed by atoms with Gasteiger partial charge in [0.2, 0.25) is 5.91 Å². The van der Waals surface area contributed by atoms with E-state index in [1.807, 2.05) is 72.9 Å². The standard InChI is InChI=1S/C31H22N4O2S/c36-28(32-31-33-30-24-12-6-4-8-20(24)14-16-27(30)38-31)17-15-22-19-35(23-10-2-1-3-11-23)34-29(22)26-18-21-9-5-7-13-25(21)37-26/h1-13,15,17-19H,14,16H2,(H,32,33,36). The fourth-order valence-electron chi connectivity index (χ4n) is 4.83. The van der Waals surface area contributed by atoms with Crippen molar-refractivity contribution >= 4 is 39.4 Å². The second-order valence-corrected chi connectivity index (χ2v) is 10.2. The fourth-order valence-corrected chi connectivity index (χ4v) is 5.81. The minimum Gasteiger partial charge on any atom is -0.454 e. The number of carbonyl (C=O) groups excluding carboxylic acids is 1. The van der Waals surface area contributed by atoms with Crippen LogP contribution in [-0.4, -0.2) is 20.7 Å². The summed E-state index contributed by atoms with van der Waals surface area (Å²) < 4.78 is 7.90. The van der Waals surface area contributed by atoms with Crippen molar-refractivity contribution < 1.29 is 9.21 Å². The summed E-state index contributed by atoms with van der Waals surface area (Å²) in [6, 6.07) is 28.0. The van der Waals surface area contributed by atoms with Crippen LogP contribution in [0.3, 0.4) is 0 Å². The lowest BCUT2D eigenvalue weighted by atomic mass is 9.94. The van der Waals surface area contributed by atoms with Gasteiger partial charge in [-0.05, 0) is 48.7 Å². The summed E-state index contributed by atoms with van der Waals surface area (Å²) in [4.78, 5) is 18.9. The fraction of sp³-hybridized carbons (Fsp3) is 0.0645. The van der Waals surface area contributed by atoms with Crippen molar-refractivity contribution in [3.63, 3.8) is 0 Å². The van der Waals surface area contributed by atoms with Crippen molar-refractivity contribution in [3.8, 4) is 28.4 Å². The highest BCUT2D eigenvalue weighted by atomic mass is 32.1. The van der Waals surface area contributed by atoms with E-state index in [9.17, 15) is 4.79 Å². The molecule has 0 fully saturated rings. The third kappa shape index (κ3) is 4.13. The molecular weight excluding hydrogens is 492 g/mol. The number of furan rings is 1. The van der Waals surface area contributed by atoms with Crippen molar-refractivity contribution in [3.05, 3.63) is 113 Å². The molecule has 184 valence electrons. The number of hydrogen-bond acceptors (Lipinski definition) is 5. The van der Waals surface area contributed by atoms with E-state index in [0.29, 0.717) is 16.6 Å². The molecule has 7 heteroatoms. The van der Waals surface area contributed by atoms with Crippen LogP contribution in [0.25, 0.3) is 45.4 Å². The zero-order valence-electron chi connectivity index (χ0n) is 20.3. The second-order valence-electron chi connectivity index (χ2n) is 9.13. The predicted octanol–water partition coefficient (Wildman–Crippen LogP) is 7.16. The summed E-state index contributed by atoms with van der Waals surface area (Å²) in [5.74, 6) is 0.402. The van der Waals surface area contributed by atoms with Crippen LogP contribution in [0.5, 0.6) is 0 Å². The topological polar surface area (TPSA) is 73.0 Å². The normalized spacial score (nSPS) is 12.5. The number of rotatable bonds is 5. The Kier molecular flexibility index (Phi) is 5.48. The molecule has 1 amide bonds. The third-order valence-electron chi connectivity index (χ3n) is 6.66. The predicted molar refractivity (Wildman–Crippen MR) is 151 cm³/mol. The molecule has 0 saturated heterocycles. The van der Waals surface area contributed by atoms with Crippen LogP contribution < -0.4 is 5.32 Å². The van der Waals surface area contributed by atoms with E-state index < -0.39 is 0 Å². The van der Waals surface area contributed by atoms with Gasteiger partial charge in [0, 0.05) is 33.7 Å². The zero-order chi connectivity index (χ0) is 25.5. The molecule has 6 aromatic rings. The zero-order valence-corrected chi connectivity index (χ0v) is 21.1. The number of nitrogens with one attached hydrogen (secondary N) is 1. The summed E-state index contributed by atoms with van der Waals surface area (Å²) in [5, 5.41) is 9.36. The van der Waals surface area contributed by atoms with Crippen LogP contribution >= 0.6 is 11.3 Å². The van der Waals surface area contributed by atoms with E-state index >= 15 is 0 Å². The average Bonchev–Trinajstić information content (AvgIpc) is 3.68. The quantitative estimate of drug-likeness (QED) is 0.248. The van der Waals surface area contributed by atoms with Crippen molar-refractivity contribution in [2.24, 2.45) is 0 Å². The van der Waals surface area contributed by atoms with Crippen LogP contribution in [0.4, 0.5) is 5.13 Å². The molecule has 3 heterocycles. The van der Waals surface area contributed by atoms with Crippen molar-refractivity contribution in [2.75, 3.05) is 5.32 Å². The van der Waals surface area contributed by atoms with Gasteiger partial charge < -0.3 is 4.42 Å². The van der Waals surface area contributed by atoms with E-state index in [2.05, 4.69) is 23.5 Å². The Labute approximate surface area is 222 Å². The minimum atomic E-state index is -0.243. The van der Waals surface area contributed by atoms with Crippen LogP contribution in [0.1, 0.15) is 16.0 Å². The Balaban J connectivity index is 1.19. The van der Waals surface area contributed by atoms with Crippen LogP contribution in [0.15, 0.2) is 102 Å². The number of aryl methyl sites for hydroxylation is 2. The highest BCUT2D eigenvalue weighted by Gasteiger charge is 2.21. The highest BCUT2D eigenvalue weighted by Crippen LogP contribution is 2.38. The van der Waals surface area contributed by atoms with E-state index in [-0.39, 0.29) is 5.91 Å². The van der Waals surface area contributed by atoms with Gasteiger partial charge in [-0.1, -0.05) is 60.7 Å². The molecule has 1 aliphatic carbocycles. The first-order valence-corrected chi connectivity index (χ1v) is 13.2. The Hall–Kier alpha value is -4.75. The number of anilines is 1. The molecule has 7 rings (SSSR count). The molecule has 1 aliphatic rings. The number of carbonyl (C=O) groups is 1. The van der Waals surface area contributed by atoms with Gasteiger partial charge in [0.25, 0.3) is 0 Å².